The summed E-state index contributed by atoms with van der Waals surface area (Å²) in [6.45, 7) is 0. The van der Waals surface area contributed by atoms with E-state index in [9.17, 15) is 19.1 Å². The zero-order chi connectivity index (χ0) is 10.7. The highest BCUT2D eigenvalue weighted by Crippen LogP contribution is 2.23. The molecule has 0 aromatic heterocycles. The summed E-state index contributed by atoms with van der Waals surface area (Å²) in [5.74, 6) is -1.30. The zero-order valence-electron chi connectivity index (χ0n) is 6.78. The molecule has 0 spiro atoms. The van der Waals surface area contributed by atoms with E-state index in [4.69, 9.17) is 11.6 Å². The van der Waals surface area contributed by atoms with Gasteiger partial charge in [0.15, 0.2) is 4.90 Å². The summed E-state index contributed by atoms with van der Waals surface area (Å²) in [5, 5.41) is 9.99. The second-order valence-corrected chi connectivity index (χ2v) is 4.18. The smallest absolute Gasteiger partial charge is 0.353 e. The largest absolute Gasteiger partial charge is 0.606 e. The summed E-state index contributed by atoms with van der Waals surface area (Å²) < 4.78 is 23.8. The first-order valence-electron chi connectivity index (χ1n) is 3.46. The van der Waals surface area contributed by atoms with Crippen molar-refractivity contribution in [2.75, 3.05) is 5.88 Å². The molecule has 14 heavy (non-hydrogen) atoms. The molecule has 1 aromatic carbocycles. The lowest BCUT2D eigenvalue weighted by Gasteiger charge is -2.06. The van der Waals surface area contributed by atoms with E-state index in [1.54, 1.807) is 0 Å². The minimum absolute atomic E-state index is 0.0646. The van der Waals surface area contributed by atoms with E-state index in [2.05, 4.69) is 0 Å². The summed E-state index contributed by atoms with van der Waals surface area (Å²) in [7, 11) is 0. The molecule has 0 saturated heterocycles. The third-order valence-electron chi connectivity index (χ3n) is 1.36. The molecular formula is C7H5ClFNO3S. The molecule has 0 bridgehead atoms. The van der Waals surface area contributed by atoms with E-state index >= 15 is 0 Å². The Morgan fingerprint density at radius 2 is 2.21 bits per heavy atom. The molecule has 1 unspecified atom stereocenters. The zero-order valence-corrected chi connectivity index (χ0v) is 8.35. The van der Waals surface area contributed by atoms with Crippen LogP contribution in [0.5, 0.6) is 0 Å². The minimum Gasteiger partial charge on any atom is -0.606 e. The lowest BCUT2D eigenvalue weighted by molar-refractivity contribution is -0.458. The van der Waals surface area contributed by atoms with E-state index < -0.39 is 27.8 Å². The van der Waals surface area contributed by atoms with Crippen molar-refractivity contribution < 1.29 is 13.9 Å². The molecule has 7 heteroatoms. The fraction of sp³-hybridized carbons (Fsp3) is 0.143. The molecule has 1 atom stereocenters. The first-order valence-corrected chi connectivity index (χ1v) is 5.15. The summed E-state index contributed by atoms with van der Waals surface area (Å²) in [5.41, 5.74) is 0. The van der Waals surface area contributed by atoms with Crippen molar-refractivity contribution in [1.82, 2.24) is 0 Å². The number of nitrogens with zero attached hydrogens (tertiary/aromatic N) is 1. The Bertz CT molecular complexity index is 363. The van der Waals surface area contributed by atoms with E-state index in [0.717, 1.165) is 12.1 Å². The molecule has 0 amide bonds. The van der Waals surface area contributed by atoms with Gasteiger partial charge in [0, 0.05) is 0 Å². The van der Waals surface area contributed by atoms with Crippen molar-refractivity contribution in [1.29, 1.82) is 0 Å². The molecule has 1 rings (SSSR count). The van der Waals surface area contributed by atoms with Crippen molar-refractivity contribution in [2.45, 2.75) is 4.90 Å². The monoisotopic (exact) mass is 237 g/mol. The molecular weight excluding hydrogens is 233 g/mol. The highest BCUT2D eigenvalue weighted by atomic mass is 35.5. The van der Waals surface area contributed by atoms with E-state index in [1.807, 2.05) is 0 Å². The van der Waals surface area contributed by atoms with Crippen molar-refractivity contribution in [3.8, 4) is 0 Å². The van der Waals surface area contributed by atoms with Crippen molar-refractivity contribution >= 4 is 22.8 Å². The van der Waals surface area contributed by atoms with Crippen LogP contribution in [0.3, 0.4) is 0 Å². The minimum atomic E-state index is -1.83. The van der Waals surface area contributed by atoms with Gasteiger partial charge in [0.2, 0.25) is 0 Å². The second kappa shape index (κ2) is 4.59. The van der Waals surface area contributed by atoms with E-state index in [-0.39, 0.29) is 9.92 Å². The van der Waals surface area contributed by atoms with Crippen LogP contribution in [0.15, 0.2) is 23.1 Å². The van der Waals surface area contributed by atoms with Crippen LogP contribution < -0.4 is 0 Å². The van der Waals surface area contributed by atoms with Gasteiger partial charge in [-0.05, 0) is 18.2 Å². The topological polar surface area (TPSA) is 66.2 Å². The van der Waals surface area contributed by atoms with Gasteiger partial charge in [-0.1, -0.05) is 11.6 Å². The molecule has 0 N–H and O–H groups in total. The SMILES string of the molecule is O=[N+]([O-])C[S+]([O-])c1ccc(F)cc1Cl. The van der Waals surface area contributed by atoms with Crippen LogP contribution in [0.4, 0.5) is 4.39 Å². The highest BCUT2D eigenvalue weighted by Gasteiger charge is 2.20. The molecule has 0 aliphatic rings. The van der Waals surface area contributed by atoms with Crippen molar-refractivity contribution in [3.63, 3.8) is 0 Å². The molecule has 0 saturated carbocycles. The maximum atomic E-state index is 12.6. The Labute approximate surface area is 87.0 Å². The van der Waals surface area contributed by atoms with Gasteiger partial charge in [0.1, 0.15) is 5.82 Å². The lowest BCUT2D eigenvalue weighted by Crippen LogP contribution is -2.15. The van der Waals surface area contributed by atoms with E-state index in [0.29, 0.717) is 0 Å². The molecule has 0 fully saturated rings. The van der Waals surface area contributed by atoms with Gasteiger partial charge in [-0.3, -0.25) is 10.1 Å². The fourth-order valence-electron chi connectivity index (χ4n) is 0.825. The van der Waals surface area contributed by atoms with Crippen LogP contribution in [-0.4, -0.2) is 15.4 Å². The van der Waals surface area contributed by atoms with Gasteiger partial charge in [0.25, 0.3) is 0 Å². The molecule has 0 radical (unpaired) electrons. The fourth-order valence-corrected chi connectivity index (χ4v) is 2.08. The first-order chi connectivity index (χ1) is 6.50. The van der Waals surface area contributed by atoms with Crippen LogP contribution in [-0.2, 0) is 11.2 Å². The molecule has 76 valence electrons. The van der Waals surface area contributed by atoms with Crippen molar-refractivity contribution in [3.05, 3.63) is 39.2 Å². The summed E-state index contributed by atoms with van der Waals surface area (Å²) in [6, 6.07) is 3.20. The van der Waals surface area contributed by atoms with Gasteiger partial charge < -0.3 is 4.55 Å². The molecule has 4 nitrogen and oxygen atoms in total. The molecule has 1 aromatic rings. The predicted molar refractivity (Wildman–Crippen MR) is 49.7 cm³/mol. The lowest BCUT2D eigenvalue weighted by atomic mass is 10.3. The number of hydrogen-bond donors (Lipinski definition) is 0. The van der Waals surface area contributed by atoms with Crippen LogP contribution in [0.25, 0.3) is 0 Å². The van der Waals surface area contributed by atoms with Gasteiger partial charge in [-0.25, -0.2) is 4.39 Å². The Morgan fingerprint density at radius 1 is 1.57 bits per heavy atom. The molecule has 0 heterocycles. The third-order valence-corrected chi connectivity index (χ3v) is 3.08. The number of rotatable bonds is 3. The predicted octanol–water partition coefficient (Wildman–Crippen LogP) is 1.82. The average Bonchev–Trinajstić information content (AvgIpc) is 2.01. The van der Waals surface area contributed by atoms with Gasteiger partial charge >= 0.3 is 5.88 Å². The maximum Gasteiger partial charge on any atom is 0.353 e. The Kier molecular flexibility index (Phi) is 3.68. The van der Waals surface area contributed by atoms with E-state index in [1.165, 1.54) is 6.07 Å². The van der Waals surface area contributed by atoms with Crippen molar-refractivity contribution in [2.24, 2.45) is 0 Å². The molecule has 0 aliphatic heterocycles. The van der Waals surface area contributed by atoms with Gasteiger partial charge in [0.05, 0.1) is 21.1 Å². The highest BCUT2D eigenvalue weighted by molar-refractivity contribution is 7.91. The van der Waals surface area contributed by atoms with Crippen LogP contribution in [0.2, 0.25) is 5.02 Å². The van der Waals surface area contributed by atoms with Crippen LogP contribution in [0, 0.1) is 15.9 Å². The Balaban J connectivity index is 2.90. The van der Waals surface area contributed by atoms with Gasteiger partial charge in [-0.2, -0.15) is 0 Å². The number of benzene rings is 1. The Morgan fingerprint density at radius 3 is 2.71 bits per heavy atom. The normalized spacial score (nSPS) is 12.5. The van der Waals surface area contributed by atoms with Crippen LogP contribution >= 0.6 is 11.6 Å². The second-order valence-electron chi connectivity index (χ2n) is 2.38. The maximum absolute atomic E-state index is 12.6. The standard InChI is InChI=1S/C7H5ClFNO3S/c8-6-3-5(9)1-2-7(6)14(13)4-10(11)12/h1-3H,4H2. The number of nitro groups is 1. The quantitative estimate of drug-likeness (QED) is 0.458. The average molecular weight is 238 g/mol. The third kappa shape index (κ3) is 2.83. The Hall–Kier alpha value is -0.850. The summed E-state index contributed by atoms with van der Waals surface area (Å²) in [4.78, 5) is 9.42. The number of hydrogen-bond acceptors (Lipinski definition) is 3. The first kappa shape index (κ1) is 11.2. The van der Waals surface area contributed by atoms with Gasteiger partial charge in [-0.15, -0.1) is 0 Å². The summed E-state index contributed by atoms with van der Waals surface area (Å²) >= 11 is 3.72. The van der Waals surface area contributed by atoms with Crippen LogP contribution in [0.1, 0.15) is 0 Å². The number of halogens is 2. The molecule has 0 aliphatic carbocycles. The summed E-state index contributed by atoms with van der Waals surface area (Å²) in [6.07, 6.45) is 0.